The lowest BCUT2D eigenvalue weighted by atomic mass is 10.2. The molecule has 0 unspecified atom stereocenters. The van der Waals surface area contributed by atoms with Crippen LogP contribution >= 0.6 is 22.9 Å². The molecule has 0 aliphatic rings. The molecule has 144 valence electrons. The number of benzene rings is 2. The molecule has 0 fully saturated rings. The van der Waals surface area contributed by atoms with Gasteiger partial charge in [-0.05, 0) is 36.4 Å². The summed E-state index contributed by atoms with van der Waals surface area (Å²) >= 11 is 7.20. The Hall–Kier alpha value is -3.29. The number of carbonyl (C=O) groups excluding carboxylic acids is 2. The molecule has 0 radical (unpaired) electrons. The van der Waals surface area contributed by atoms with Gasteiger partial charge < -0.3 is 10.1 Å². The quantitative estimate of drug-likeness (QED) is 0.466. The van der Waals surface area contributed by atoms with Crippen LogP contribution in [-0.4, -0.2) is 28.5 Å². The van der Waals surface area contributed by atoms with Gasteiger partial charge in [-0.1, -0.05) is 29.8 Å². The lowest BCUT2D eigenvalue weighted by Gasteiger charge is -2.08. The largest absolute Gasteiger partial charge is 0.451 e. The predicted octanol–water partition coefficient (Wildman–Crippen LogP) is 4.81. The number of ether oxygens (including phenoxy) is 1. The number of anilines is 1. The number of hydrogen-bond acceptors (Lipinski definition) is 6. The molecule has 2 heterocycles. The van der Waals surface area contributed by atoms with E-state index in [0.29, 0.717) is 15.7 Å². The highest BCUT2D eigenvalue weighted by Crippen LogP contribution is 2.25. The van der Waals surface area contributed by atoms with Gasteiger partial charge in [-0.2, -0.15) is 0 Å². The normalized spacial score (nSPS) is 10.7. The topological polar surface area (TPSA) is 81.2 Å². The van der Waals surface area contributed by atoms with Crippen molar-refractivity contribution in [2.75, 3.05) is 11.9 Å². The molecule has 0 saturated carbocycles. The van der Waals surface area contributed by atoms with Crippen molar-refractivity contribution in [2.45, 2.75) is 0 Å². The summed E-state index contributed by atoms with van der Waals surface area (Å²) in [5.41, 5.74) is 2.37. The molecule has 8 heteroatoms. The van der Waals surface area contributed by atoms with E-state index in [-0.39, 0.29) is 5.69 Å². The van der Waals surface area contributed by atoms with Crippen LogP contribution in [0.4, 0.5) is 5.69 Å². The van der Waals surface area contributed by atoms with E-state index in [0.717, 1.165) is 16.5 Å². The van der Waals surface area contributed by atoms with Gasteiger partial charge in [-0.15, -0.1) is 11.3 Å². The van der Waals surface area contributed by atoms with Crippen LogP contribution in [0.15, 0.2) is 66.2 Å². The van der Waals surface area contributed by atoms with Crippen LogP contribution in [0.2, 0.25) is 5.02 Å². The van der Waals surface area contributed by atoms with Gasteiger partial charge in [0, 0.05) is 27.5 Å². The fourth-order valence-electron chi connectivity index (χ4n) is 2.70. The number of aromatic nitrogens is 2. The second kappa shape index (κ2) is 8.38. The number of nitrogens with one attached hydrogen (secondary N) is 1. The van der Waals surface area contributed by atoms with Crippen molar-refractivity contribution >= 4 is 51.4 Å². The van der Waals surface area contributed by atoms with E-state index in [9.17, 15) is 9.59 Å². The molecule has 0 aliphatic heterocycles. The Morgan fingerprint density at radius 2 is 1.90 bits per heavy atom. The number of thiazole rings is 1. The number of nitrogens with zero attached hydrogens (tertiary/aromatic N) is 2. The third-order valence-electron chi connectivity index (χ3n) is 4.06. The Kier molecular flexibility index (Phi) is 5.50. The lowest BCUT2D eigenvalue weighted by Crippen LogP contribution is -2.21. The summed E-state index contributed by atoms with van der Waals surface area (Å²) in [4.78, 5) is 33.0. The first-order valence-electron chi connectivity index (χ1n) is 8.62. The van der Waals surface area contributed by atoms with Gasteiger partial charge in [0.25, 0.3) is 5.91 Å². The summed E-state index contributed by atoms with van der Waals surface area (Å²) < 4.78 is 5.10. The number of amides is 1. The van der Waals surface area contributed by atoms with Crippen molar-refractivity contribution in [3.8, 4) is 10.6 Å². The average molecular weight is 424 g/mol. The van der Waals surface area contributed by atoms with Gasteiger partial charge >= 0.3 is 5.97 Å². The van der Waals surface area contributed by atoms with Crippen LogP contribution in [0, 0.1) is 0 Å². The SMILES string of the molecule is O=C(COC(=O)c1csc(-c2ccc(Cl)cc2)n1)Nc1cccc2ncccc12. The highest BCUT2D eigenvalue weighted by atomic mass is 35.5. The van der Waals surface area contributed by atoms with Gasteiger partial charge in [0.2, 0.25) is 0 Å². The molecule has 2 aromatic carbocycles. The maximum atomic E-state index is 12.2. The molecule has 1 N–H and O–H groups in total. The fraction of sp³-hybridized carbons (Fsp3) is 0.0476. The maximum absolute atomic E-state index is 12.2. The number of carbonyl (C=O) groups is 2. The summed E-state index contributed by atoms with van der Waals surface area (Å²) in [6.07, 6.45) is 1.68. The molecule has 0 aliphatic carbocycles. The Balaban J connectivity index is 1.38. The molecule has 4 rings (SSSR count). The Bertz CT molecular complexity index is 1190. The zero-order chi connectivity index (χ0) is 20.2. The molecule has 1 amide bonds. The van der Waals surface area contributed by atoms with Crippen molar-refractivity contribution in [3.63, 3.8) is 0 Å². The number of rotatable bonds is 5. The van der Waals surface area contributed by atoms with Crippen molar-refractivity contribution in [1.29, 1.82) is 0 Å². The minimum atomic E-state index is -0.656. The summed E-state index contributed by atoms with van der Waals surface area (Å²) in [6, 6.07) is 16.2. The molecular formula is C21H14ClN3O3S. The van der Waals surface area contributed by atoms with Crippen molar-refractivity contribution in [3.05, 3.63) is 76.9 Å². The number of halogens is 1. The zero-order valence-electron chi connectivity index (χ0n) is 15.0. The van der Waals surface area contributed by atoms with E-state index in [1.54, 1.807) is 41.9 Å². The first-order chi connectivity index (χ1) is 14.1. The highest BCUT2D eigenvalue weighted by Gasteiger charge is 2.15. The second-order valence-electron chi connectivity index (χ2n) is 6.04. The van der Waals surface area contributed by atoms with Crippen LogP contribution in [0.3, 0.4) is 0 Å². The Morgan fingerprint density at radius 3 is 2.72 bits per heavy atom. The standard InChI is InChI=1S/C21H14ClN3O3S/c22-14-8-6-13(7-9-14)20-25-18(12-29-20)21(27)28-11-19(26)24-17-5-1-4-16-15(17)3-2-10-23-16/h1-10,12H,11H2,(H,24,26). The van der Waals surface area contributed by atoms with E-state index in [1.165, 1.54) is 11.3 Å². The maximum Gasteiger partial charge on any atom is 0.358 e. The molecule has 6 nitrogen and oxygen atoms in total. The number of hydrogen-bond donors (Lipinski definition) is 1. The van der Waals surface area contributed by atoms with E-state index in [4.69, 9.17) is 16.3 Å². The summed E-state index contributed by atoms with van der Waals surface area (Å²) in [5, 5.41) is 6.44. The molecule has 29 heavy (non-hydrogen) atoms. The van der Waals surface area contributed by atoms with Crippen LogP contribution in [-0.2, 0) is 9.53 Å². The smallest absolute Gasteiger partial charge is 0.358 e. The van der Waals surface area contributed by atoms with Gasteiger partial charge in [-0.3, -0.25) is 9.78 Å². The molecule has 0 atom stereocenters. The van der Waals surface area contributed by atoms with Crippen molar-refractivity contribution < 1.29 is 14.3 Å². The highest BCUT2D eigenvalue weighted by molar-refractivity contribution is 7.13. The lowest BCUT2D eigenvalue weighted by molar-refractivity contribution is -0.119. The molecule has 2 aromatic heterocycles. The van der Waals surface area contributed by atoms with Crippen LogP contribution in [0.1, 0.15) is 10.5 Å². The molecule has 0 spiro atoms. The Morgan fingerprint density at radius 1 is 1.07 bits per heavy atom. The number of fused-ring (bicyclic) bond motifs is 1. The van der Waals surface area contributed by atoms with Gasteiger partial charge in [0.1, 0.15) is 5.01 Å². The van der Waals surface area contributed by atoms with Crippen LogP contribution in [0.5, 0.6) is 0 Å². The summed E-state index contributed by atoms with van der Waals surface area (Å²) in [5.74, 6) is -1.10. The minimum absolute atomic E-state index is 0.155. The average Bonchev–Trinajstić information content (AvgIpc) is 3.23. The predicted molar refractivity (Wildman–Crippen MR) is 113 cm³/mol. The first-order valence-corrected chi connectivity index (χ1v) is 9.88. The minimum Gasteiger partial charge on any atom is -0.451 e. The van der Waals surface area contributed by atoms with Gasteiger partial charge in [-0.25, -0.2) is 9.78 Å². The van der Waals surface area contributed by atoms with E-state index in [2.05, 4.69) is 15.3 Å². The number of esters is 1. The van der Waals surface area contributed by atoms with E-state index in [1.807, 2.05) is 24.3 Å². The first kappa shape index (κ1) is 19.0. The van der Waals surface area contributed by atoms with E-state index < -0.39 is 18.5 Å². The van der Waals surface area contributed by atoms with E-state index >= 15 is 0 Å². The van der Waals surface area contributed by atoms with Crippen molar-refractivity contribution in [2.24, 2.45) is 0 Å². The molecule has 0 saturated heterocycles. The fourth-order valence-corrected chi connectivity index (χ4v) is 3.62. The monoisotopic (exact) mass is 423 g/mol. The molecule has 4 aromatic rings. The van der Waals surface area contributed by atoms with Crippen LogP contribution < -0.4 is 5.32 Å². The second-order valence-corrected chi connectivity index (χ2v) is 7.34. The third kappa shape index (κ3) is 4.42. The van der Waals surface area contributed by atoms with Crippen LogP contribution in [0.25, 0.3) is 21.5 Å². The van der Waals surface area contributed by atoms with Crippen molar-refractivity contribution in [1.82, 2.24) is 9.97 Å². The third-order valence-corrected chi connectivity index (χ3v) is 5.20. The summed E-state index contributed by atoms with van der Waals surface area (Å²) in [6.45, 7) is -0.413. The summed E-state index contributed by atoms with van der Waals surface area (Å²) in [7, 11) is 0. The zero-order valence-corrected chi connectivity index (χ0v) is 16.5. The van der Waals surface area contributed by atoms with Gasteiger partial charge in [0.05, 0.1) is 11.2 Å². The van der Waals surface area contributed by atoms with Gasteiger partial charge in [0.15, 0.2) is 12.3 Å². The molecular weight excluding hydrogens is 410 g/mol. The molecule has 0 bridgehead atoms. The number of pyridine rings is 1. The Labute approximate surface area is 175 Å².